The molecule has 5 rings (SSSR count). The van der Waals surface area contributed by atoms with Crippen LogP contribution in [0.25, 0.3) is 33.5 Å². The first-order chi connectivity index (χ1) is 15.0. The molecule has 0 amide bonds. The number of fused-ring (bicyclic) bond motifs is 1. The van der Waals surface area contributed by atoms with E-state index in [1.54, 1.807) is 18.0 Å². The largest absolute Gasteiger partial charge is 0.494 e. The highest BCUT2D eigenvalue weighted by Crippen LogP contribution is 2.36. The third-order valence-corrected chi connectivity index (χ3v) is 5.44. The Morgan fingerprint density at radius 1 is 1.03 bits per heavy atom. The summed E-state index contributed by atoms with van der Waals surface area (Å²) in [4.78, 5) is 9.30. The van der Waals surface area contributed by atoms with Crippen LogP contribution in [0.1, 0.15) is 22.8 Å². The first-order valence-corrected chi connectivity index (χ1v) is 9.94. The number of aromatic amines is 2. The van der Waals surface area contributed by atoms with Crippen LogP contribution in [0.15, 0.2) is 36.7 Å². The summed E-state index contributed by atoms with van der Waals surface area (Å²) in [5.74, 6) is 2.16. The van der Waals surface area contributed by atoms with E-state index in [9.17, 15) is 0 Å². The Bertz CT molecular complexity index is 1390. The molecule has 156 valence electrons. The fourth-order valence-electron chi connectivity index (χ4n) is 3.67. The van der Waals surface area contributed by atoms with Gasteiger partial charge in [-0.25, -0.2) is 9.97 Å². The molecule has 2 N–H and O–H groups in total. The highest BCUT2D eigenvalue weighted by atomic mass is 16.5. The molecule has 0 aliphatic carbocycles. The van der Waals surface area contributed by atoms with Crippen molar-refractivity contribution in [1.29, 1.82) is 0 Å². The molecule has 0 saturated carbocycles. The summed E-state index contributed by atoms with van der Waals surface area (Å²) in [6.07, 6.45) is 3.71. The van der Waals surface area contributed by atoms with Crippen LogP contribution in [-0.4, -0.2) is 47.3 Å². The molecule has 0 bridgehead atoms. The summed E-state index contributed by atoms with van der Waals surface area (Å²) in [6.45, 7) is 6.54. The Kier molecular flexibility index (Phi) is 4.50. The van der Waals surface area contributed by atoms with Crippen LogP contribution < -0.4 is 4.74 Å². The fraction of sp³-hybridized carbons (Fsp3) is 0.227. The van der Waals surface area contributed by atoms with E-state index in [-0.39, 0.29) is 0 Å². The lowest BCUT2D eigenvalue weighted by atomic mass is 9.99. The number of benzene rings is 1. The summed E-state index contributed by atoms with van der Waals surface area (Å²) >= 11 is 0. The van der Waals surface area contributed by atoms with E-state index >= 15 is 0 Å². The maximum absolute atomic E-state index is 5.65. The first-order valence-electron chi connectivity index (χ1n) is 9.94. The Morgan fingerprint density at radius 3 is 2.68 bits per heavy atom. The monoisotopic (exact) mass is 414 g/mol. The van der Waals surface area contributed by atoms with Crippen molar-refractivity contribution >= 4 is 11.0 Å². The van der Waals surface area contributed by atoms with Crippen LogP contribution >= 0.6 is 0 Å². The minimum Gasteiger partial charge on any atom is -0.494 e. The van der Waals surface area contributed by atoms with Crippen LogP contribution in [0.5, 0.6) is 5.75 Å². The summed E-state index contributed by atoms with van der Waals surface area (Å²) in [5.41, 5.74) is 7.40. The van der Waals surface area contributed by atoms with E-state index in [4.69, 9.17) is 9.72 Å². The lowest BCUT2D eigenvalue weighted by Crippen LogP contribution is -2.01. The quantitative estimate of drug-likeness (QED) is 0.455. The van der Waals surface area contributed by atoms with Gasteiger partial charge in [-0.15, -0.1) is 0 Å². The van der Waals surface area contributed by atoms with E-state index < -0.39 is 0 Å². The molecule has 1 aromatic carbocycles. The molecule has 0 fully saturated rings. The number of hydrogen-bond acceptors (Lipinski definition) is 6. The highest BCUT2D eigenvalue weighted by Gasteiger charge is 2.18. The Morgan fingerprint density at radius 2 is 1.90 bits per heavy atom. The maximum atomic E-state index is 5.65. The number of aryl methyl sites for hydroxylation is 2. The molecule has 0 aliphatic heterocycles. The van der Waals surface area contributed by atoms with Gasteiger partial charge in [0.15, 0.2) is 0 Å². The van der Waals surface area contributed by atoms with Gasteiger partial charge in [0.05, 0.1) is 18.8 Å². The second kappa shape index (κ2) is 7.35. The van der Waals surface area contributed by atoms with Gasteiger partial charge in [-0.3, -0.25) is 14.9 Å². The smallest absolute Gasteiger partial charge is 0.147 e. The van der Waals surface area contributed by atoms with Crippen molar-refractivity contribution in [3.8, 4) is 28.3 Å². The van der Waals surface area contributed by atoms with E-state index in [1.165, 1.54) is 11.1 Å². The summed E-state index contributed by atoms with van der Waals surface area (Å²) < 4.78 is 7.44. The van der Waals surface area contributed by atoms with Gasteiger partial charge in [0.1, 0.15) is 40.8 Å². The van der Waals surface area contributed by atoms with E-state index in [0.29, 0.717) is 18.1 Å². The van der Waals surface area contributed by atoms with Crippen LogP contribution in [-0.2, 0) is 6.54 Å². The van der Waals surface area contributed by atoms with E-state index in [1.807, 2.05) is 25.3 Å². The van der Waals surface area contributed by atoms with Gasteiger partial charge in [-0.05, 0) is 31.9 Å². The van der Waals surface area contributed by atoms with Gasteiger partial charge < -0.3 is 4.74 Å². The molecule has 4 heterocycles. The Balaban J connectivity index is 1.59. The van der Waals surface area contributed by atoms with Gasteiger partial charge >= 0.3 is 0 Å². The number of nitrogens with one attached hydrogen (secondary N) is 2. The number of H-pyrrole nitrogens is 2. The summed E-state index contributed by atoms with van der Waals surface area (Å²) in [6, 6.07) is 8.14. The normalized spacial score (nSPS) is 11.4. The number of methoxy groups -OCH3 is 1. The number of rotatable bonds is 5. The molecule has 4 aromatic heterocycles. The molecule has 0 spiro atoms. The van der Waals surface area contributed by atoms with E-state index in [2.05, 4.69) is 56.5 Å². The average Bonchev–Trinajstić information content (AvgIpc) is 3.49. The minimum absolute atomic E-state index is 0.498. The number of nitrogens with zero attached hydrogens (tertiary/aromatic N) is 6. The number of ether oxygens (including phenoxy) is 1. The zero-order valence-electron chi connectivity index (χ0n) is 17.8. The lowest BCUT2D eigenvalue weighted by molar-refractivity contribution is 0.415. The molecule has 5 aromatic rings. The summed E-state index contributed by atoms with van der Waals surface area (Å²) in [7, 11) is 1.66. The van der Waals surface area contributed by atoms with Gasteiger partial charge in [0, 0.05) is 23.4 Å². The third-order valence-electron chi connectivity index (χ3n) is 5.44. The fourth-order valence-corrected chi connectivity index (χ4v) is 3.67. The molecular weight excluding hydrogens is 392 g/mol. The van der Waals surface area contributed by atoms with Gasteiger partial charge in [-0.2, -0.15) is 15.3 Å². The van der Waals surface area contributed by atoms with E-state index in [0.717, 1.165) is 39.4 Å². The number of hydrogen-bond donors (Lipinski definition) is 2. The minimum atomic E-state index is 0.498. The van der Waals surface area contributed by atoms with Crippen molar-refractivity contribution in [1.82, 2.24) is 40.1 Å². The van der Waals surface area contributed by atoms with Crippen molar-refractivity contribution in [2.75, 3.05) is 7.11 Å². The zero-order valence-corrected chi connectivity index (χ0v) is 17.8. The molecular formula is C22H22N8O. The third kappa shape index (κ3) is 3.33. The molecule has 0 atom stereocenters. The van der Waals surface area contributed by atoms with Gasteiger partial charge in [-0.1, -0.05) is 18.2 Å². The predicted octanol–water partition coefficient (Wildman–Crippen LogP) is 3.59. The molecule has 0 radical (unpaired) electrons. The van der Waals surface area contributed by atoms with Crippen LogP contribution in [0.2, 0.25) is 0 Å². The zero-order chi connectivity index (χ0) is 21.5. The second-order valence-corrected chi connectivity index (χ2v) is 7.51. The number of aromatic nitrogens is 8. The average molecular weight is 414 g/mol. The molecule has 0 saturated heterocycles. The van der Waals surface area contributed by atoms with Gasteiger partial charge in [0.25, 0.3) is 0 Å². The topological polar surface area (TPSA) is 110 Å². The lowest BCUT2D eigenvalue weighted by Gasteiger charge is -2.12. The van der Waals surface area contributed by atoms with Crippen molar-refractivity contribution < 1.29 is 4.74 Å². The maximum Gasteiger partial charge on any atom is 0.147 e. The van der Waals surface area contributed by atoms with Crippen LogP contribution in [0.3, 0.4) is 0 Å². The van der Waals surface area contributed by atoms with Crippen molar-refractivity contribution in [3.63, 3.8) is 0 Å². The van der Waals surface area contributed by atoms with Crippen molar-refractivity contribution in [2.24, 2.45) is 0 Å². The standard InChI is InChI=1S/C22H22N8O/c1-12-6-5-7-16(13(12)2)21-18(31-4)8-17-22(25-21)20(29-27-17)15-9-23-30(10-15)11-19-24-14(3)26-28-19/h5-10H,11H2,1-4H3,(H,27,29)(H,24,26,28). The van der Waals surface area contributed by atoms with Crippen molar-refractivity contribution in [3.05, 3.63) is 59.4 Å². The molecule has 9 nitrogen and oxygen atoms in total. The van der Waals surface area contributed by atoms with Gasteiger partial charge in [0.2, 0.25) is 0 Å². The highest BCUT2D eigenvalue weighted by molar-refractivity contribution is 5.92. The molecule has 9 heteroatoms. The predicted molar refractivity (Wildman–Crippen MR) is 117 cm³/mol. The first kappa shape index (κ1) is 19.0. The molecule has 31 heavy (non-hydrogen) atoms. The van der Waals surface area contributed by atoms with Crippen LogP contribution in [0, 0.1) is 20.8 Å². The Labute approximate surface area is 178 Å². The SMILES string of the molecule is COc1cc2[nH]nc(-c3cnn(Cc4nc(C)n[nH]4)c3)c2nc1-c1cccc(C)c1C. The Hall–Kier alpha value is -4.01. The molecule has 0 aliphatic rings. The number of pyridine rings is 1. The summed E-state index contributed by atoms with van der Waals surface area (Å²) in [5, 5.41) is 19.0. The molecule has 0 unspecified atom stereocenters. The van der Waals surface area contributed by atoms with Crippen molar-refractivity contribution in [2.45, 2.75) is 27.3 Å². The second-order valence-electron chi connectivity index (χ2n) is 7.51. The van der Waals surface area contributed by atoms with Crippen LogP contribution in [0.4, 0.5) is 0 Å².